The molecule has 2 heterocycles. The highest BCUT2D eigenvalue weighted by Gasteiger charge is 2.48. The van der Waals surface area contributed by atoms with Crippen LogP contribution >= 0.6 is 27.3 Å². The van der Waals surface area contributed by atoms with E-state index < -0.39 is 35.1 Å². The molecule has 1 unspecified atom stereocenters. The summed E-state index contributed by atoms with van der Waals surface area (Å²) in [6, 6.07) is 11.4. The molecule has 0 saturated carbocycles. The molecule has 5 rings (SSSR count). The third-order valence-electron chi connectivity index (χ3n) is 5.69. The van der Waals surface area contributed by atoms with Crippen LogP contribution in [-0.4, -0.2) is 26.9 Å². The summed E-state index contributed by atoms with van der Waals surface area (Å²) in [5.74, 6) is -4.05. The number of hydrogen-bond acceptors (Lipinski definition) is 6. The molecule has 1 aromatic heterocycles. The van der Waals surface area contributed by atoms with Gasteiger partial charge >= 0.3 is 5.91 Å². The lowest BCUT2D eigenvalue weighted by atomic mass is 9.95. The third-order valence-corrected chi connectivity index (χ3v) is 7.58. The number of phenols is 1. The Hall–Kier alpha value is -3.63. The number of nitrogens with zero attached hydrogens (tertiary/aromatic N) is 2. The number of halogens is 3. The number of aliphatic hydroxyl groups excluding tert-OH is 1. The Morgan fingerprint density at radius 1 is 1.09 bits per heavy atom. The Morgan fingerprint density at radius 3 is 2.49 bits per heavy atom. The monoisotopic (exact) mass is 556 g/mol. The molecule has 0 spiro atoms. The molecule has 1 amide bonds. The van der Waals surface area contributed by atoms with Crippen LogP contribution in [0.5, 0.6) is 5.75 Å². The number of rotatable bonds is 3. The molecule has 1 saturated heterocycles. The first-order valence-corrected chi connectivity index (χ1v) is 11.9. The van der Waals surface area contributed by atoms with Crippen LogP contribution in [0.15, 0.2) is 64.6 Å². The van der Waals surface area contributed by atoms with Gasteiger partial charge in [0.2, 0.25) is 0 Å². The summed E-state index contributed by atoms with van der Waals surface area (Å²) in [7, 11) is 0. The molecule has 1 atom stereocenters. The van der Waals surface area contributed by atoms with Gasteiger partial charge in [-0.05, 0) is 48.4 Å². The Labute approximate surface area is 209 Å². The average Bonchev–Trinajstić information content (AvgIpc) is 3.34. The predicted molar refractivity (Wildman–Crippen MR) is 131 cm³/mol. The van der Waals surface area contributed by atoms with Gasteiger partial charge in [-0.3, -0.25) is 14.5 Å². The van der Waals surface area contributed by atoms with E-state index in [4.69, 9.17) is 0 Å². The van der Waals surface area contributed by atoms with Crippen molar-refractivity contribution in [1.29, 1.82) is 0 Å². The lowest BCUT2D eigenvalue weighted by molar-refractivity contribution is -0.132. The average molecular weight is 557 g/mol. The number of aliphatic hydroxyl groups is 1. The van der Waals surface area contributed by atoms with E-state index in [1.54, 1.807) is 18.2 Å². The fourth-order valence-electron chi connectivity index (χ4n) is 4.00. The van der Waals surface area contributed by atoms with E-state index in [1.807, 2.05) is 6.92 Å². The number of aryl methyl sites for hydroxylation is 1. The SMILES string of the molecule is Cc1cc(/C(O)=C2\C(=O)C(=O)N(c3nc4c(F)cc(F)cc4s3)C2c2ccc(O)cc2)ccc1Br. The van der Waals surface area contributed by atoms with E-state index in [0.717, 1.165) is 32.3 Å². The first kappa shape index (κ1) is 23.1. The fourth-order valence-corrected chi connectivity index (χ4v) is 5.28. The maximum atomic E-state index is 14.3. The zero-order valence-electron chi connectivity index (χ0n) is 17.9. The first-order valence-electron chi connectivity index (χ1n) is 10.3. The summed E-state index contributed by atoms with van der Waals surface area (Å²) in [4.78, 5) is 31.7. The standard InChI is InChI=1S/C25H15BrF2N2O4S/c1-11-8-13(4-7-16(11)26)22(32)19-21(12-2-5-15(31)6-3-12)30(24(34)23(19)33)25-29-20-17(28)9-14(27)10-18(20)35-25/h2-10,21,31-32H,1H3/b22-19+. The highest BCUT2D eigenvalue weighted by Crippen LogP contribution is 2.45. The van der Waals surface area contributed by atoms with Crippen molar-refractivity contribution in [2.75, 3.05) is 4.90 Å². The zero-order chi connectivity index (χ0) is 25.0. The number of amides is 1. The molecule has 1 aliphatic rings. The van der Waals surface area contributed by atoms with Crippen LogP contribution in [0.3, 0.4) is 0 Å². The van der Waals surface area contributed by atoms with Crippen molar-refractivity contribution in [3.63, 3.8) is 0 Å². The van der Waals surface area contributed by atoms with Gasteiger partial charge in [0.1, 0.15) is 22.8 Å². The van der Waals surface area contributed by atoms with Gasteiger partial charge in [0, 0.05) is 16.1 Å². The minimum absolute atomic E-state index is 0.0317. The van der Waals surface area contributed by atoms with Crippen molar-refractivity contribution < 1.29 is 28.6 Å². The van der Waals surface area contributed by atoms with Gasteiger partial charge in [-0.15, -0.1) is 0 Å². The van der Waals surface area contributed by atoms with E-state index >= 15 is 0 Å². The summed E-state index contributed by atoms with van der Waals surface area (Å²) >= 11 is 4.24. The van der Waals surface area contributed by atoms with Crippen molar-refractivity contribution in [1.82, 2.24) is 4.98 Å². The van der Waals surface area contributed by atoms with Gasteiger partial charge in [0.05, 0.1) is 16.3 Å². The molecule has 35 heavy (non-hydrogen) atoms. The second-order valence-corrected chi connectivity index (χ2v) is 9.82. The number of aromatic hydroxyl groups is 1. The largest absolute Gasteiger partial charge is 0.508 e. The van der Waals surface area contributed by atoms with Crippen LogP contribution < -0.4 is 4.90 Å². The van der Waals surface area contributed by atoms with Crippen molar-refractivity contribution >= 4 is 60.1 Å². The highest BCUT2D eigenvalue weighted by molar-refractivity contribution is 9.10. The minimum atomic E-state index is -1.12. The molecule has 1 fully saturated rings. The number of benzene rings is 3. The fraction of sp³-hybridized carbons (Fsp3) is 0.0800. The number of anilines is 1. The molecule has 10 heteroatoms. The third kappa shape index (κ3) is 3.88. The number of fused-ring (bicyclic) bond motifs is 1. The number of carbonyl (C=O) groups excluding carboxylic acids is 2. The number of carbonyl (C=O) groups is 2. The number of aromatic nitrogens is 1. The molecular weight excluding hydrogens is 542 g/mol. The van der Waals surface area contributed by atoms with Crippen LogP contribution in [0.1, 0.15) is 22.7 Å². The Balaban J connectivity index is 1.75. The summed E-state index contributed by atoms with van der Waals surface area (Å²) in [5.41, 5.74) is 1.20. The van der Waals surface area contributed by atoms with E-state index in [1.165, 1.54) is 24.3 Å². The molecule has 6 nitrogen and oxygen atoms in total. The lowest BCUT2D eigenvalue weighted by Gasteiger charge is -2.23. The van der Waals surface area contributed by atoms with Crippen LogP contribution in [0.2, 0.25) is 0 Å². The van der Waals surface area contributed by atoms with Gasteiger partial charge < -0.3 is 10.2 Å². The molecule has 0 aliphatic carbocycles. The summed E-state index contributed by atoms with van der Waals surface area (Å²) in [6.45, 7) is 1.81. The second-order valence-electron chi connectivity index (χ2n) is 7.96. The number of thiazole rings is 1. The van der Waals surface area contributed by atoms with Crippen LogP contribution in [0.25, 0.3) is 16.0 Å². The van der Waals surface area contributed by atoms with Gasteiger partial charge in [0.25, 0.3) is 5.78 Å². The number of hydrogen-bond donors (Lipinski definition) is 2. The summed E-state index contributed by atoms with van der Waals surface area (Å²) in [5, 5.41) is 20.9. The smallest absolute Gasteiger partial charge is 0.301 e. The van der Waals surface area contributed by atoms with E-state index in [0.29, 0.717) is 17.2 Å². The Morgan fingerprint density at radius 2 is 1.80 bits per heavy atom. The topological polar surface area (TPSA) is 90.7 Å². The first-order chi connectivity index (χ1) is 16.7. The van der Waals surface area contributed by atoms with Gasteiger partial charge in [-0.25, -0.2) is 13.8 Å². The van der Waals surface area contributed by atoms with E-state index in [2.05, 4.69) is 20.9 Å². The molecule has 4 aromatic rings. The molecule has 176 valence electrons. The lowest BCUT2D eigenvalue weighted by Crippen LogP contribution is -2.29. The van der Waals surface area contributed by atoms with Crippen molar-refractivity contribution in [2.24, 2.45) is 0 Å². The number of phenolic OH excluding ortho intramolecular Hbond substituents is 1. The second kappa shape index (κ2) is 8.54. The maximum Gasteiger partial charge on any atom is 0.301 e. The molecule has 1 aliphatic heterocycles. The molecular formula is C25H15BrF2N2O4S. The predicted octanol–water partition coefficient (Wildman–Crippen LogP) is 5.98. The van der Waals surface area contributed by atoms with Crippen LogP contribution in [-0.2, 0) is 9.59 Å². The Bertz CT molecular complexity index is 1570. The quantitative estimate of drug-likeness (QED) is 0.184. The molecule has 2 N–H and O–H groups in total. The maximum absolute atomic E-state index is 14.3. The van der Waals surface area contributed by atoms with Crippen molar-refractivity contribution in [2.45, 2.75) is 13.0 Å². The summed E-state index contributed by atoms with van der Waals surface area (Å²) in [6.07, 6.45) is 0. The Kier molecular flexibility index (Phi) is 5.65. The van der Waals surface area contributed by atoms with E-state index in [-0.39, 0.29) is 26.7 Å². The highest BCUT2D eigenvalue weighted by atomic mass is 79.9. The molecule has 3 aromatic carbocycles. The minimum Gasteiger partial charge on any atom is -0.508 e. The molecule has 0 bridgehead atoms. The van der Waals surface area contributed by atoms with Gasteiger partial charge in [-0.1, -0.05) is 45.5 Å². The van der Waals surface area contributed by atoms with Crippen molar-refractivity contribution in [3.05, 3.63) is 93.0 Å². The van der Waals surface area contributed by atoms with Crippen molar-refractivity contribution in [3.8, 4) is 5.75 Å². The van der Waals surface area contributed by atoms with Crippen LogP contribution in [0.4, 0.5) is 13.9 Å². The number of ketones is 1. The van der Waals surface area contributed by atoms with Crippen LogP contribution in [0, 0.1) is 18.6 Å². The zero-order valence-corrected chi connectivity index (χ0v) is 20.3. The van der Waals surface area contributed by atoms with Gasteiger partial charge in [-0.2, -0.15) is 0 Å². The molecule has 0 radical (unpaired) electrons. The van der Waals surface area contributed by atoms with Gasteiger partial charge in [0.15, 0.2) is 10.9 Å². The summed E-state index contributed by atoms with van der Waals surface area (Å²) < 4.78 is 29.0. The number of Topliss-reactive ketones (excluding diaryl/α,β-unsaturated/α-hetero) is 1. The van der Waals surface area contributed by atoms with E-state index in [9.17, 15) is 28.6 Å². The normalized spacial score (nSPS) is 17.5.